The van der Waals surface area contributed by atoms with E-state index in [1.807, 2.05) is 18.2 Å². The number of ether oxygens (including phenoxy) is 1. The molecule has 0 atom stereocenters. The number of nitrogens with two attached hydrogens (primary N) is 1. The third-order valence-corrected chi connectivity index (χ3v) is 3.16. The summed E-state index contributed by atoms with van der Waals surface area (Å²) >= 11 is 0. The van der Waals surface area contributed by atoms with Gasteiger partial charge in [0.05, 0.1) is 13.7 Å². The van der Waals surface area contributed by atoms with Crippen molar-refractivity contribution in [2.75, 3.05) is 13.7 Å². The third-order valence-electron chi connectivity index (χ3n) is 3.16. The highest BCUT2D eigenvalue weighted by atomic mass is 127. The van der Waals surface area contributed by atoms with Gasteiger partial charge in [-0.15, -0.1) is 24.0 Å². The van der Waals surface area contributed by atoms with Gasteiger partial charge in [0.25, 0.3) is 0 Å². The predicted octanol–water partition coefficient (Wildman–Crippen LogP) is 3.10. The molecule has 0 bridgehead atoms. The fourth-order valence-corrected chi connectivity index (χ4v) is 2.04. The number of hydrogen-bond acceptors (Lipinski definition) is 2. The summed E-state index contributed by atoms with van der Waals surface area (Å²) < 4.78 is 18.4. The van der Waals surface area contributed by atoms with Crippen molar-refractivity contribution >= 4 is 29.9 Å². The van der Waals surface area contributed by atoms with Crippen LogP contribution in [0.15, 0.2) is 53.5 Å². The van der Waals surface area contributed by atoms with Crippen LogP contribution in [0.3, 0.4) is 0 Å². The van der Waals surface area contributed by atoms with E-state index in [1.54, 1.807) is 6.07 Å². The molecule has 0 saturated carbocycles. The highest BCUT2D eigenvalue weighted by Gasteiger charge is 2.01. The summed E-state index contributed by atoms with van der Waals surface area (Å²) in [5.41, 5.74) is 7.75. The maximum Gasteiger partial charge on any atom is 0.188 e. The van der Waals surface area contributed by atoms with Gasteiger partial charge in [0, 0.05) is 12.6 Å². The largest absolute Gasteiger partial charge is 0.497 e. The molecule has 124 valence electrons. The number of halogens is 2. The first-order valence-corrected chi connectivity index (χ1v) is 7.08. The van der Waals surface area contributed by atoms with Crippen LogP contribution >= 0.6 is 24.0 Å². The van der Waals surface area contributed by atoms with Crippen molar-refractivity contribution in [2.45, 2.75) is 13.0 Å². The Morgan fingerprint density at radius 2 is 1.91 bits per heavy atom. The summed E-state index contributed by atoms with van der Waals surface area (Å²) in [6.07, 6.45) is 0.866. The zero-order valence-electron chi connectivity index (χ0n) is 13.0. The quantitative estimate of drug-likeness (QED) is 0.422. The van der Waals surface area contributed by atoms with Gasteiger partial charge in [-0.05, 0) is 29.7 Å². The van der Waals surface area contributed by atoms with Crippen LogP contribution in [0.1, 0.15) is 11.1 Å². The smallest absolute Gasteiger partial charge is 0.188 e. The molecule has 0 amide bonds. The summed E-state index contributed by atoms with van der Waals surface area (Å²) in [5.74, 6) is 0.472. The normalized spacial score (nSPS) is 10.8. The van der Waals surface area contributed by atoms with Gasteiger partial charge in [0.15, 0.2) is 5.96 Å². The molecule has 0 fully saturated rings. The predicted molar refractivity (Wildman–Crippen MR) is 102 cm³/mol. The molecular formula is C17H21FIN3O. The van der Waals surface area contributed by atoms with Gasteiger partial charge in [-0.25, -0.2) is 9.38 Å². The maximum absolute atomic E-state index is 13.4. The lowest BCUT2D eigenvalue weighted by molar-refractivity contribution is 0.410. The second-order valence-corrected chi connectivity index (χ2v) is 4.86. The second-order valence-electron chi connectivity index (χ2n) is 4.86. The van der Waals surface area contributed by atoms with Crippen molar-refractivity contribution in [3.8, 4) is 5.75 Å². The van der Waals surface area contributed by atoms with Gasteiger partial charge in [-0.3, -0.25) is 0 Å². The van der Waals surface area contributed by atoms with E-state index in [4.69, 9.17) is 10.5 Å². The van der Waals surface area contributed by atoms with Crippen molar-refractivity contribution in [3.63, 3.8) is 0 Å². The Kier molecular flexibility index (Phi) is 8.39. The third kappa shape index (κ3) is 6.85. The summed E-state index contributed by atoms with van der Waals surface area (Å²) in [7, 11) is 1.50. The number of methoxy groups -OCH3 is 1. The van der Waals surface area contributed by atoms with Crippen LogP contribution in [-0.4, -0.2) is 19.6 Å². The Balaban J connectivity index is 0.00000264. The van der Waals surface area contributed by atoms with E-state index in [9.17, 15) is 4.39 Å². The van der Waals surface area contributed by atoms with Gasteiger partial charge in [0.2, 0.25) is 0 Å². The molecule has 0 heterocycles. The number of hydrogen-bond donors (Lipinski definition) is 2. The van der Waals surface area contributed by atoms with E-state index >= 15 is 0 Å². The van der Waals surface area contributed by atoms with E-state index in [1.165, 1.54) is 24.8 Å². The minimum absolute atomic E-state index is 0. The molecule has 6 heteroatoms. The molecule has 2 aromatic rings. The van der Waals surface area contributed by atoms with Crippen molar-refractivity contribution in [2.24, 2.45) is 10.7 Å². The van der Waals surface area contributed by atoms with E-state index < -0.39 is 0 Å². The van der Waals surface area contributed by atoms with Gasteiger partial charge in [0.1, 0.15) is 11.6 Å². The number of guanidine groups is 1. The first kappa shape index (κ1) is 19.2. The van der Waals surface area contributed by atoms with Crippen molar-refractivity contribution in [1.29, 1.82) is 0 Å². The number of benzene rings is 2. The Morgan fingerprint density at radius 3 is 2.61 bits per heavy atom. The van der Waals surface area contributed by atoms with E-state index in [0.717, 1.165) is 6.42 Å². The zero-order valence-corrected chi connectivity index (χ0v) is 15.3. The molecule has 2 rings (SSSR count). The molecular weight excluding hydrogens is 408 g/mol. The topological polar surface area (TPSA) is 59.6 Å². The van der Waals surface area contributed by atoms with Crippen LogP contribution in [0.25, 0.3) is 0 Å². The lowest BCUT2D eigenvalue weighted by atomic mass is 10.1. The van der Waals surface area contributed by atoms with Gasteiger partial charge >= 0.3 is 0 Å². The van der Waals surface area contributed by atoms with Crippen LogP contribution in [-0.2, 0) is 13.0 Å². The number of nitrogens with zero attached hydrogens (tertiary/aromatic N) is 1. The van der Waals surface area contributed by atoms with Crippen molar-refractivity contribution in [1.82, 2.24) is 5.32 Å². The molecule has 0 saturated heterocycles. The molecule has 0 unspecified atom stereocenters. The highest BCUT2D eigenvalue weighted by molar-refractivity contribution is 14.0. The maximum atomic E-state index is 13.4. The first-order chi connectivity index (χ1) is 10.7. The van der Waals surface area contributed by atoms with Gasteiger partial charge in [-0.2, -0.15) is 0 Å². The molecule has 0 aliphatic carbocycles. The van der Waals surface area contributed by atoms with Gasteiger partial charge < -0.3 is 15.8 Å². The Hall–Kier alpha value is -1.83. The molecule has 3 N–H and O–H groups in total. The summed E-state index contributed by atoms with van der Waals surface area (Å²) in [6, 6.07) is 14.6. The average molecular weight is 429 g/mol. The Morgan fingerprint density at radius 1 is 1.17 bits per heavy atom. The molecule has 0 spiro atoms. The minimum Gasteiger partial charge on any atom is -0.497 e. The highest BCUT2D eigenvalue weighted by Crippen LogP contribution is 2.16. The number of aliphatic imine (C=N–C) groups is 1. The van der Waals surface area contributed by atoms with E-state index in [-0.39, 0.29) is 29.8 Å². The molecule has 4 nitrogen and oxygen atoms in total. The van der Waals surface area contributed by atoms with Crippen molar-refractivity contribution < 1.29 is 9.13 Å². The minimum atomic E-state index is -0.347. The summed E-state index contributed by atoms with van der Waals surface area (Å²) in [5, 5.41) is 3.05. The number of rotatable bonds is 6. The van der Waals surface area contributed by atoms with Crippen LogP contribution in [0.4, 0.5) is 4.39 Å². The van der Waals surface area contributed by atoms with Crippen LogP contribution in [0.5, 0.6) is 5.75 Å². The molecule has 0 aromatic heterocycles. The standard InChI is InChI=1S/C17H20FN3O.HI/c1-22-16-10-14(9-15(18)11-16)12-21-17(19)20-8-7-13-5-3-2-4-6-13;/h2-6,9-11H,7-8,12H2,1H3,(H3,19,20,21);1H. The SMILES string of the molecule is COc1cc(F)cc(CN=C(N)NCCc2ccccc2)c1.I. The number of nitrogens with one attached hydrogen (secondary N) is 1. The molecule has 0 aliphatic rings. The molecule has 23 heavy (non-hydrogen) atoms. The van der Waals surface area contributed by atoms with Crippen LogP contribution in [0, 0.1) is 5.82 Å². The fourth-order valence-electron chi connectivity index (χ4n) is 2.04. The van der Waals surface area contributed by atoms with Crippen molar-refractivity contribution in [3.05, 3.63) is 65.5 Å². The molecule has 0 radical (unpaired) electrons. The lowest BCUT2D eigenvalue weighted by Gasteiger charge is -2.07. The Bertz CT molecular complexity index is 635. The molecule has 2 aromatic carbocycles. The summed E-state index contributed by atoms with van der Waals surface area (Å²) in [6.45, 7) is 1.00. The van der Waals surface area contributed by atoms with Gasteiger partial charge in [-0.1, -0.05) is 30.3 Å². The lowest BCUT2D eigenvalue weighted by Crippen LogP contribution is -2.33. The van der Waals surface area contributed by atoms with E-state index in [0.29, 0.717) is 30.4 Å². The zero-order chi connectivity index (χ0) is 15.8. The van der Waals surface area contributed by atoms with Crippen LogP contribution in [0.2, 0.25) is 0 Å². The monoisotopic (exact) mass is 429 g/mol. The summed E-state index contributed by atoms with van der Waals surface area (Å²) in [4.78, 5) is 4.20. The molecule has 0 aliphatic heterocycles. The van der Waals surface area contributed by atoms with Crippen LogP contribution < -0.4 is 15.8 Å². The first-order valence-electron chi connectivity index (χ1n) is 7.08. The Labute approximate surface area is 153 Å². The average Bonchev–Trinajstić information content (AvgIpc) is 2.53. The second kappa shape index (κ2) is 10.0. The van der Waals surface area contributed by atoms with E-state index in [2.05, 4.69) is 22.4 Å². The fraction of sp³-hybridized carbons (Fsp3) is 0.235.